The molecule has 1 aliphatic rings. The number of halogens is 1. The molecule has 0 aliphatic heterocycles. The lowest BCUT2D eigenvalue weighted by Crippen LogP contribution is -2.51. The van der Waals surface area contributed by atoms with Gasteiger partial charge in [-0.15, -0.1) is 0 Å². The number of nitrogens with one attached hydrogen (secondary N) is 1. The Bertz CT molecular complexity index is 1010. The molecular formula is C25H33BrN2O4S. The van der Waals surface area contributed by atoms with Crippen LogP contribution in [0.3, 0.4) is 0 Å². The highest BCUT2D eigenvalue weighted by atomic mass is 79.9. The fraction of sp³-hybridized carbons (Fsp3) is 0.480. The molecule has 0 bridgehead atoms. The third-order valence-corrected chi connectivity index (χ3v) is 8.85. The number of sulfone groups is 1. The van der Waals surface area contributed by atoms with E-state index in [4.69, 9.17) is 4.74 Å². The number of carbonyl (C=O) groups excluding carboxylic acids is 1. The van der Waals surface area contributed by atoms with Gasteiger partial charge in [-0.25, -0.2) is 13.2 Å². The highest BCUT2D eigenvalue weighted by Gasteiger charge is 2.37. The molecule has 6 nitrogen and oxygen atoms in total. The van der Waals surface area contributed by atoms with Crippen LogP contribution < -0.4 is 5.32 Å². The van der Waals surface area contributed by atoms with Crippen LogP contribution in [-0.2, 0) is 21.2 Å². The third-order valence-electron chi connectivity index (χ3n) is 6.47. The van der Waals surface area contributed by atoms with E-state index in [1.165, 1.54) is 0 Å². The van der Waals surface area contributed by atoms with E-state index in [1.807, 2.05) is 30.3 Å². The van der Waals surface area contributed by atoms with Crippen molar-refractivity contribution in [2.24, 2.45) is 5.92 Å². The number of benzene rings is 2. The maximum Gasteiger partial charge on any atom is 0.407 e. The quantitative estimate of drug-likeness (QED) is 0.512. The predicted molar refractivity (Wildman–Crippen MR) is 134 cm³/mol. The van der Waals surface area contributed by atoms with Gasteiger partial charge in [0, 0.05) is 22.6 Å². The number of rotatable bonds is 8. The van der Waals surface area contributed by atoms with Crippen LogP contribution in [0.2, 0.25) is 0 Å². The number of ether oxygens (including phenoxy) is 1. The van der Waals surface area contributed by atoms with E-state index in [2.05, 4.69) is 47.0 Å². The van der Waals surface area contributed by atoms with Crippen molar-refractivity contribution in [2.75, 3.05) is 12.8 Å². The van der Waals surface area contributed by atoms with Crippen LogP contribution in [0.15, 0.2) is 64.0 Å². The van der Waals surface area contributed by atoms with Crippen molar-refractivity contribution in [3.05, 3.63) is 64.6 Å². The van der Waals surface area contributed by atoms with Crippen molar-refractivity contribution >= 4 is 31.9 Å². The molecule has 1 amide bonds. The number of alkyl carbamates (subject to hydrolysis) is 1. The molecule has 1 fully saturated rings. The summed E-state index contributed by atoms with van der Waals surface area (Å²) in [5.41, 5.74) is 0.907. The van der Waals surface area contributed by atoms with E-state index in [9.17, 15) is 13.2 Å². The average Bonchev–Trinajstić information content (AvgIpc) is 2.79. The Morgan fingerprint density at radius 3 is 2.42 bits per heavy atom. The van der Waals surface area contributed by atoms with Gasteiger partial charge in [0.1, 0.15) is 6.61 Å². The van der Waals surface area contributed by atoms with Crippen molar-refractivity contribution < 1.29 is 17.9 Å². The molecule has 180 valence electrons. The second-order valence-corrected chi connectivity index (χ2v) is 12.0. The van der Waals surface area contributed by atoms with Crippen molar-refractivity contribution in [1.82, 2.24) is 10.2 Å². The summed E-state index contributed by atoms with van der Waals surface area (Å²) < 4.78 is 32.6. The molecule has 1 aliphatic carbocycles. The number of nitrogens with zero attached hydrogens (tertiary/aromatic N) is 1. The summed E-state index contributed by atoms with van der Waals surface area (Å²) in [5.74, 6) is -0.219. The van der Waals surface area contributed by atoms with Crippen molar-refractivity contribution in [3.63, 3.8) is 0 Å². The first-order valence-electron chi connectivity index (χ1n) is 11.3. The first-order valence-corrected chi connectivity index (χ1v) is 13.8. The number of hydrogen-bond acceptors (Lipinski definition) is 5. The normalized spacial score (nSPS) is 21.2. The second kappa shape index (κ2) is 11.5. The Morgan fingerprint density at radius 1 is 1.12 bits per heavy atom. The molecule has 0 spiro atoms. The van der Waals surface area contributed by atoms with Crippen LogP contribution in [0.1, 0.15) is 38.7 Å². The number of hydrogen-bond donors (Lipinski definition) is 1. The lowest BCUT2D eigenvalue weighted by atomic mass is 9.81. The lowest BCUT2D eigenvalue weighted by molar-refractivity contribution is 0.100. The fourth-order valence-corrected chi connectivity index (χ4v) is 6.28. The Labute approximate surface area is 205 Å². The Morgan fingerprint density at radius 2 is 1.79 bits per heavy atom. The molecule has 8 heteroatoms. The van der Waals surface area contributed by atoms with Crippen LogP contribution in [-0.4, -0.2) is 50.3 Å². The second-order valence-electron chi connectivity index (χ2n) is 9.03. The van der Waals surface area contributed by atoms with Gasteiger partial charge < -0.3 is 15.0 Å². The Hall–Kier alpha value is -1.90. The summed E-state index contributed by atoms with van der Waals surface area (Å²) in [5, 5.41) is 2.96. The highest BCUT2D eigenvalue weighted by molar-refractivity contribution is 9.10. The first-order chi connectivity index (χ1) is 15.7. The summed E-state index contributed by atoms with van der Waals surface area (Å²) >= 11 is 3.35. The number of carbonyl (C=O) groups is 1. The van der Waals surface area contributed by atoms with E-state index in [0.29, 0.717) is 23.8 Å². The van der Waals surface area contributed by atoms with Crippen LogP contribution >= 0.6 is 15.9 Å². The van der Waals surface area contributed by atoms with E-state index >= 15 is 0 Å². The van der Waals surface area contributed by atoms with Gasteiger partial charge in [0.25, 0.3) is 0 Å². The minimum Gasteiger partial charge on any atom is -0.445 e. The standard InChI is InChI=1S/C25H33BrN2O4S/c1-18(2)28(3)22-11-14-24(27-25(29)32-16-19-7-5-4-6-8-19)20(15-22)17-33(30,31)23-12-9-21(26)10-13-23/h4-10,12-13,18,20,22,24H,11,14-17H2,1-3H3,(H,27,29)/t20-,22-,24+/m1/s1. The summed E-state index contributed by atoms with van der Waals surface area (Å²) in [6, 6.07) is 16.6. The Balaban J connectivity index is 1.71. The zero-order valence-electron chi connectivity index (χ0n) is 19.4. The van der Waals surface area contributed by atoms with Gasteiger partial charge in [0.2, 0.25) is 0 Å². The molecule has 3 rings (SSSR count). The van der Waals surface area contributed by atoms with Gasteiger partial charge in [-0.3, -0.25) is 0 Å². The summed E-state index contributed by atoms with van der Waals surface area (Å²) in [7, 11) is -1.42. The Kier molecular flexibility index (Phi) is 8.95. The van der Waals surface area contributed by atoms with Crippen molar-refractivity contribution in [3.8, 4) is 0 Å². The molecule has 0 unspecified atom stereocenters. The molecule has 2 aromatic rings. The maximum absolute atomic E-state index is 13.2. The minimum atomic E-state index is -3.50. The molecule has 0 radical (unpaired) electrons. The topological polar surface area (TPSA) is 75.7 Å². The zero-order chi connectivity index (χ0) is 24.0. The van der Waals surface area contributed by atoms with Gasteiger partial charge in [-0.05, 0) is 75.9 Å². The van der Waals surface area contributed by atoms with Crippen LogP contribution in [0, 0.1) is 5.92 Å². The van der Waals surface area contributed by atoms with E-state index in [-0.39, 0.29) is 30.4 Å². The maximum atomic E-state index is 13.2. The smallest absolute Gasteiger partial charge is 0.407 e. The number of amides is 1. The molecule has 2 aromatic carbocycles. The van der Waals surface area contributed by atoms with Gasteiger partial charge in [-0.1, -0.05) is 46.3 Å². The van der Waals surface area contributed by atoms with Gasteiger partial charge in [0.05, 0.1) is 10.6 Å². The SMILES string of the molecule is CC(C)N(C)[C@@H]1CC[C@H](NC(=O)OCc2ccccc2)[C@@H](CS(=O)(=O)c2ccc(Br)cc2)C1. The molecule has 3 atom stereocenters. The van der Waals surface area contributed by atoms with E-state index in [1.54, 1.807) is 24.3 Å². The molecule has 0 aromatic heterocycles. The van der Waals surface area contributed by atoms with Gasteiger partial charge in [-0.2, -0.15) is 0 Å². The van der Waals surface area contributed by atoms with Gasteiger partial charge >= 0.3 is 6.09 Å². The van der Waals surface area contributed by atoms with E-state index < -0.39 is 15.9 Å². The molecule has 1 N–H and O–H groups in total. The molecule has 33 heavy (non-hydrogen) atoms. The van der Waals surface area contributed by atoms with Crippen LogP contribution in [0.5, 0.6) is 0 Å². The third kappa shape index (κ3) is 7.29. The van der Waals surface area contributed by atoms with Gasteiger partial charge in [0.15, 0.2) is 9.84 Å². The largest absolute Gasteiger partial charge is 0.445 e. The molecule has 1 saturated carbocycles. The first kappa shape index (κ1) is 25.7. The van der Waals surface area contributed by atoms with Crippen LogP contribution in [0.25, 0.3) is 0 Å². The average molecular weight is 538 g/mol. The highest BCUT2D eigenvalue weighted by Crippen LogP contribution is 2.31. The summed E-state index contributed by atoms with van der Waals surface area (Å²) in [6.45, 7) is 4.46. The molecule has 0 heterocycles. The molecular weight excluding hydrogens is 504 g/mol. The minimum absolute atomic E-state index is 0.0132. The summed E-state index contributed by atoms with van der Waals surface area (Å²) in [4.78, 5) is 15.1. The summed E-state index contributed by atoms with van der Waals surface area (Å²) in [6.07, 6.45) is 1.80. The monoisotopic (exact) mass is 536 g/mol. The van der Waals surface area contributed by atoms with Crippen molar-refractivity contribution in [1.29, 1.82) is 0 Å². The lowest BCUT2D eigenvalue weighted by Gasteiger charge is -2.41. The predicted octanol–water partition coefficient (Wildman–Crippen LogP) is 5.03. The van der Waals surface area contributed by atoms with Crippen molar-refractivity contribution in [2.45, 2.75) is 62.7 Å². The molecule has 0 saturated heterocycles. The van der Waals surface area contributed by atoms with E-state index in [0.717, 1.165) is 16.5 Å². The zero-order valence-corrected chi connectivity index (χ0v) is 21.8. The van der Waals surface area contributed by atoms with Crippen LogP contribution in [0.4, 0.5) is 4.79 Å². The fourth-order valence-electron chi connectivity index (χ4n) is 4.34.